The predicted molar refractivity (Wildman–Crippen MR) is 128 cm³/mol. The van der Waals surface area contributed by atoms with Crippen molar-refractivity contribution in [3.05, 3.63) is 40.1 Å². The molecular weight excluding hydrogens is 468 g/mol. The zero-order valence-electron chi connectivity index (χ0n) is 17.9. The molecule has 3 aromatic rings. The maximum Gasteiger partial charge on any atom is 0.240 e. The minimum atomic E-state index is -3.57. The van der Waals surface area contributed by atoms with Crippen molar-refractivity contribution < 1.29 is 18.0 Å². The summed E-state index contributed by atoms with van der Waals surface area (Å²) in [5.74, 6) is 0.141. The molecule has 2 aromatic heterocycles. The minimum Gasteiger partial charge on any atom is -0.356 e. The molecule has 0 bridgehead atoms. The first-order valence-electron chi connectivity index (χ1n) is 10.3. The van der Waals surface area contributed by atoms with Crippen LogP contribution < -0.4 is 10.0 Å². The van der Waals surface area contributed by atoms with Crippen LogP contribution in [0.15, 0.2) is 40.4 Å². The molecule has 0 atom stereocenters. The van der Waals surface area contributed by atoms with Crippen LogP contribution in [0.2, 0.25) is 0 Å². The van der Waals surface area contributed by atoms with Gasteiger partial charge in [0.1, 0.15) is 0 Å². The van der Waals surface area contributed by atoms with E-state index in [2.05, 4.69) is 20.0 Å². The number of benzene rings is 1. The molecule has 0 fully saturated rings. The highest BCUT2D eigenvalue weighted by Gasteiger charge is 2.16. The summed E-state index contributed by atoms with van der Waals surface area (Å²) in [6, 6.07) is 8.46. The number of hydrogen-bond acceptors (Lipinski definition) is 7. The van der Waals surface area contributed by atoms with Crippen LogP contribution in [-0.4, -0.2) is 48.9 Å². The van der Waals surface area contributed by atoms with Gasteiger partial charge in [0.2, 0.25) is 15.9 Å². The van der Waals surface area contributed by atoms with Gasteiger partial charge in [-0.15, -0.1) is 11.3 Å². The molecule has 8 nitrogen and oxygen atoms in total. The van der Waals surface area contributed by atoms with Gasteiger partial charge in [0.05, 0.1) is 26.6 Å². The number of sulfonamides is 1. The normalized spacial score (nSPS) is 11.7. The van der Waals surface area contributed by atoms with E-state index < -0.39 is 10.0 Å². The largest absolute Gasteiger partial charge is 0.356 e. The summed E-state index contributed by atoms with van der Waals surface area (Å²) >= 11 is 2.71. The zero-order chi connectivity index (χ0) is 23.1. The predicted octanol–water partition coefficient (Wildman–Crippen LogP) is 3.36. The third-order valence-electron chi connectivity index (χ3n) is 4.59. The smallest absolute Gasteiger partial charge is 0.240 e. The van der Waals surface area contributed by atoms with Gasteiger partial charge < -0.3 is 10.3 Å². The number of nitrogens with zero attached hydrogens (tertiary/aromatic N) is 1. The van der Waals surface area contributed by atoms with Crippen LogP contribution in [0.25, 0.3) is 11.0 Å². The standard InChI is InChI=1S/C21H26N4O4S3/c1-3-4-10-23-32(28,29)16-6-7-17-18(12-16)25-21(24-17)30-13-19(27)20-8-5-15(31-20)9-11-22-14(2)26/h5-8,12,23H,3-4,9-11,13H2,1-2H3,(H,22,26)(H,24,25). The van der Waals surface area contributed by atoms with Crippen molar-refractivity contribution in [2.45, 2.75) is 43.2 Å². The second-order valence-corrected chi connectivity index (χ2v) is 11.1. The van der Waals surface area contributed by atoms with Crippen molar-refractivity contribution in [2.24, 2.45) is 0 Å². The third kappa shape index (κ3) is 6.64. The summed E-state index contributed by atoms with van der Waals surface area (Å²) in [4.78, 5) is 32.9. The van der Waals surface area contributed by atoms with Crippen LogP contribution in [0.3, 0.4) is 0 Å². The Bertz CT molecular complexity index is 1200. The molecule has 11 heteroatoms. The van der Waals surface area contributed by atoms with Gasteiger partial charge in [-0.25, -0.2) is 18.1 Å². The molecule has 0 aliphatic rings. The van der Waals surface area contributed by atoms with Gasteiger partial charge in [0, 0.05) is 24.9 Å². The summed E-state index contributed by atoms with van der Waals surface area (Å²) in [6.07, 6.45) is 2.37. The van der Waals surface area contributed by atoms with Crippen molar-refractivity contribution in [3.8, 4) is 0 Å². The van der Waals surface area contributed by atoms with Gasteiger partial charge in [-0.2, -0.15) is 0 Å². The van der Waals surface area contributed by atoms with E-state index in [4.69, 9.17) is 0 Å². The lowest BCUT2D eigenvalue weighted by Gasteiger charge is -2.05. The summed E-state index contributed by atoms with van der Waals surface area (Å²) < 4.78 is 27.4. The van der Waals surface area contributed by atoms with Gasteiger partial charge in [0.25, 0.3) is 0 Å². The first kappa shape index (κ1) is 24.4. The minimum absolute atomic E-state index is 0.00498. The van der Waals surface area contributed by atoms with Crippen LogP contribution in [0.4, 0.5) is 0 Å². The Balaban J connectivity index is 1.60. The highest BCUT2D eigenvalue weighted by molar-refractivity contribution is 7.99. The number of imidazole rings is 1. The molecule has 0 radical (unpaired) electrons. The fourth-order valence-corrected chi connectivity index (χ4v) is 5.80. The highest BCUT2D eigenvalue weighted by atomic mass is 32.2. The number of H-pyrrole nitrogens is 1. The van der Waals surface area contributed by atoms with Crippen molar-refractivity contribution in [1.29, 1.82) is 0 Å². The quantitative estimate of drug-likeness (QED) is 0.202. The molecule has 32 heavy (non-hydrogen) atoms. The van der Waals surface area contributed by atoms with Gasteiger partial charge in [-0.05, 0) is 43.2 Å². The first-order valence-corrected chi connectivity index (χ1v) is 13.6. The van der Waals surface area contributed by atoms with Gasteiger partial charge in [-0.3, -0.25) is 9.59 Å². The Kier molecular flexibility index (Phi) is 8.46. The number of aromatic amines is 1. The molecule has 0 aliphatic carbocycles. The second-order valence-electron chi connectivity index (χ2n) is 7.18. The van der Waals surface area contributed by atoms with Crippen LogP contribution >= 0.6 is 23.1 Å². The number of thiophene rings is 1. The number of rotatable bonds is 12. The van der Waals surface area contributed by atoms with Gasteiger partial charge >= 0.3 is 0 Å². The molecule has 1 amide bonds. The zero-order valence-corrected chi connectivity index (χ0v) is 20.4. The van der Waals surface area contributed by atoms with Crippen molar-refractivity contribution in [2.75, 3.05) is 18.8 Å². The number of hydrogen-bond donors (Lipinski definition) is 3. The fourth-order valence-electron chi connectivity index (χ4n) is 2.90. The van der Waals surface area contributed by atoms with E-state index in [1.807, 2.05) is 13.0 Å². The van der Waals surface area contributed by atoms with Crippen LogP contribution in [0.5, 0.6) is 0 Å². The maximum atomic E-state index is 12.5. The Morgan fingerprint density at radius 3 is 2.75 bits per heavy atom. The molecule has 0 saturated heterocycles. The molecule has 0 unspecified atom stereocenters. The van der Waals surface area contributed by atoms with Crippen LogP contribution in [-0.2, 0) is 21.2 Å². The Morgan fingerprint density at radius 1 is 1.19 bits per heavy atom. The highest BCUT2D eigenvalue weighted by Crippen LogP contribution is 2.24. The Labute approximate surface area is 195 Å². The summed E-state index contributed by atoms with van der Waals surface area (Å²) in [5, 5.41) is 3.30. The number of thioether (sulfide) groups is 1. The van der Waals surface area contributed by atoms with E-state index in [1.54, 1.807) is 18.2 Å². The molecule has 0 spiro atoms. The molecule has 0 aliphatic heterocycles. The van der Waals surface area contributed by atoms with Crippen LogP contribution in [0, 0.1) is 0 Å². The summed E-state index contributed by atoms with van der Waals surface area (Å²) in [7, 11) is -3.57. The molecule has 3 N–H and O–H groups in total. The molecule has 1 aromatic carbocycles. The lowest BCUT2D eigenvalue weighted by Crippen LogP contribution is -2.24. The average Bonchev–Trinajstić information content (AvgIpc) is 3.38. The monoisotopic (exact) mass is 494 g/mol. The maximum absolute atomic E-state index is 12.5. The number of carbonyl (C=O) groups is 2. The molecule has 172 valence electrons. The van der Waals surface area contributed by atoms with E-state index >= 15 is 0 Å². The Hall–Kier alpha value is -2.21. The van der Waals surface area contributed by atoms with E-state index in [1.165, 1.54) is 36.1 Å². The van der Waals surface area contributed by atoms with Gasteiger partial charge in [-0.1, -0.05) is 25.1 Å². The average molecular weight is 495 g/mol. The topological polar surface area (TPSA) is 121 Å². The number of carbonyl (C=O) groups excluding carboxylic acids is 2. The number of fused-ring (bicyclic) bond motifs is 1. The summed E-state index contributed by atoms with van der Waals surface area (Å²) in [5.41, 5.74) is 1.25. The van der Waals surface area contributed by atoms with E-state index in [0.717, 1.165) is 17.7 Å². The van der Waals surface area contributed by atoms with Crippen molar-refractivity contribution in [1.82, 2.24) is 20.0 Å². The number of ketones is 1. The van der Waals surface area contributed by atoms with Crippen molar-refractivity contribution in [3.63, 3.8) is 0 Å². The SMILES string of the molecule is CCCCNS(=O)(=O)c1ccc2nc(SCC(=O)c3ccc(CCNC(C)=O)s3)[nH]c2c1. The van der Waals surface area contributed by atoms with E-state index in [9.17, 15) is 18.0 Å². The fraction of sp³-hybridized carbons (Fsp3) is 0.381. The number of unbranched alkanes of at least 4 members (excludes halogenated alkanes) is 1. The molecular formula is C21H26N4O4S3. The lowest BCUT2D eigenvalue weighted by atomic mass is 10.3. The molecule has 0 saturated carbocycles. The summed E-state index contributed by atoms with van der Waals surface area (Å²) in [6.45, 7) is 4.42. The van der Waals surface area contributed by atoms with Crippen molar-refractivity contribution >= 4 is 55.8 Å². The van der Waals surface area contributed by atoms with Gasteiger partial charge in [0.15, 0.2) is 10.9 Å². The first-order chi connectivity index (χ1) is 15.3. The van der Waals surface area contributed by atoms with Crippen LogP contribution in [0.1, 0.15) is 41.2 Å². The lowest BCUT2D eigenvalue weighted by molar-refractivity contribution is -0.118. The number of aromatic nitrogens is 2. The second kappa shape index (κ2) is 11.1. The van der Waals surface area contributed by atoms with E-state index in [0.29, 0.717) is 40.6 Å². The number of Topliss-reactive ketones (excluding diaryl/α,β-unsaturated/α-hetero) is 1. The molecule has 3 rings (SSSR count). The third-order valence-corrected chi connectivity index (χ3v) is 8.10. The number of nitrogens with one attached hydrogen (secondary N) is 3. The Morgan fingerprint density at radius 2 is 2.00 bits per heavy atom. The van der Waals surface area contributed by atoms with E-state index in [-0.39, 0.29) is 22.3 Å². The molecule has 2 heterocycles. The number of amides is 1.